The van der Waals surface area contributed by atoms with E-state index in [4.69, 9.17) is 4.74 Å². The van der Waals surface area contributed by atoms with Crippen molar-refractivity contribution in [2.24, 2.45) is 0 Å². The smallest absolute Gasteiger partial charge is 0.336 e. The predicted molar refractivity (Wildman–Crippen MR) is 71.7 cm³/mol. The number of carbonyl (C=O) groups excluding carboxylic acids is 2. The van der Waals surface area contributed by atoms with Crippen molar-refractivity contribution in [1.29, 1.82) is 0 Å². The van der Waals surface area contributed by atoms with Gasteiger partial charge in [0.15, 0.2) is 0 Å². The Bertz CT molecular complexity index is 618. The van der Waals surface area contributed by atoms with Crippen LogP contribution in [0.3, 0.4) is 0 Å². The Morgan fingerprint density at radius 3 is 2.15 bits per heavy atom. The summed E-state index contributed by atoms with van der Waals surface area (Å²) in [5.41, 5.74) is 0.345. The van der Waals surface area contributed by atoms with Crippen LogP contribution in [0.1, 0.15) is 0 Å². The Kier molecular flexibility index (Phi) is 5.27. The first-order valence-corrected chi connectivity index (χ1v) is 7.25. The van der Waals surface area contributed by atoms with Crippen molar-refractivity contribution in [3.8, 4) is 5.75 Å². The van der Waals surface area contributed by atoms with Crippen LogP contribution in [0.2, 0.25) is 0 Å². The van der Waals surface area contributed by atoms with Gasteiger partial charge >= 0.3 is 11.9 Å². The third-order valence-corrected chi connectivity index (χ3v) is 2.54. The molecule has 1 rings (SSSR count). The summed E-state index contributed by atoms with van der Waals surface area (Å²) in [6.07, 6.45) is 2.88. The normalized spacial score (nSPS) is 11.1. The molecule has 0 aliphatic rings. The first-order chi connectivity index (χ1) is 9.30. The van der Waals surface area contributed by atoms with Crippen molar-refractivity contribution < 1.29 is 27.5 Å². The first-order valence-electron chi connectivity index (χ1n) is 5.36. The molecular weight excluding hydrogens is 286 g/mol. The van der Waals surface area contributed by atoms with Crippen LogP contribution in [0.25, 0.3) is 0 Å². The number of nitrogens with one attached hydrogen (secondary N) is 1. The van der Waals surface area contributed by atoms with Crippen LogP contribution in [-0.2, 0) is 24.3 Å². The van der Waals surface area contributed by atoms with E-state index in [1.807, 2.05) is 0 Å². The zero-order chi connectivity index (χ0) is 15.2. The fourth-order valence-corrected chi connectivity index (χ4v) is 1.72. The highest BCUT2D eigenvalue weighted by molar-refractivity contribution is 7.92. The molecule has 7 nitrogen and oxygen atoms in total. The van der Waals surface area contributed by atoms with E-state index in [-0.39, 0.29) is 5.75 Å². The number of esters is 2. The second kappa shape index (κ2) is 6.71. The van der Waals surface area contributed by atoms with Crippen LogP contribution in [0.4, 0.5) is 5.69 Å². The largest absolute Gasteiger partial charge is 0.466 e. The topological polar surface area (TPSA) is 98.8 Å². The number of hydrogen-bond donors (Lipinski definition) is 1. The number of rotatable bonds is 5. The standard InChI is InChI=1S/C12H13NO6S/c1-18-11(14)7-8-12(15)19-10-5-3-9(4-6-10)13-20(2,16)17/h3-8,13H,1-2H3/b8-7+. The van der Waals surface area contributed by atoms with Gasteiger partial charge < -0.3 is 9.47 Å². The molecule has 0 saturated heterocycles. The summed E-state index contributed by atoms with van der Waals surface area (Å²) in [6, 6.07) is 5.70. The number of hydrogen-bond acceptors (Lipinski definition) is 6. The van der Waals surface area contributed by atoms with Crippen LogP contribution >= 0.6 is 0 Å². The fourth-order valence-electron chi connectivity index (χ4n) is 1.16. The van der Waals surface area contributed by atoms with Gasteiger partial charge in [0, 0.05) is 17.8 Å². The molecule has 8 heteroatoms. The first kappa shape index (κ1) is 15.7. The summed E-state index contributed by atoms with van der Waals surface area (Å²) in [7, 11) is -2.17. The molecule has 0 bridgehead atoms. The van der Waals surface area contributed by atoms with Crippen LogP contribution in [0, 0.1) is 0 Å². The summed E-state index contributed by atoms with van der Waals surface area (Å²) in [6.45, 7) is 0. The highest BCUT2D eigenvalue weighted by Crippen LogP contribution is 2.16. The van der Waals surface area contributed by atoms with Gasteiger partial charge in [0.1, 0.15) is 5.75 Å². The van der Waals surface area contributed by atoms with Gasteiger partial charge in [0.2, 0.25) is 10.0 Å². The van der Waals surface area contributed by atoms with Crippen LogP contribution in [-0.4, -0.2) is 33.7 Å². The molecule has 1 aromatic rings. The van der Waals surface area contributed by atoms with Crippen molar-refractivity contribution in [2.75, 3.05) is 18.1 Å². The highest BCUT2D eigenvalue weighted by atomic mass is 32.2. The Labute approximate surface area is 116 Å². The van der Waals surface area contributed by atoms with E-state index in [2.05, 4.69) is 9.46 Å². The molecule has 0 fully saturated rings. The summed E-state index contributed by atoms with van der Waals surface area (Å²) >= 11 is 0. The van der Waals surface area contributed by atoms with Crippen LogP contribution in [0.15, 0.2) is 36.4 Å². The van der Waals surface area contributed by atoms with Crippen molar-refractivity contribution >= 4 is 27.6 Å². The maximum absolute atomic E-state index is 11.3. The second-order valence-corrected chi connectivity index (χ2v) is 5.42. The zero-order valence-corrected chi connectivity index (χ0v) is 11.6. The Morgan fingerprint density at radius 1 is 1.10 bits per heavy atom. The molecule has 0 unspecified atom stereocenters. The maximum atomic E-state index is 11.3. The van der Waals surface area contributed by atoms with Crippen molar-refractivity contribution in [3.05, 3.63) is 36.4 Å². The van der Waals surface area contributed by atoms with E-state index >= 15 is 0 Å². The zero-order valence-electron chi connectivity index (χ0n) is 10.8. The van der Waals surface area contributed by atoms with Crippen molar-refractivity contribution in [3.63, 3.8) is 0 Å². The molecule has 0 aliphatic heterocycles. The molecule has 0 aliphatic carbocycles. The van der Waals surface area contributed by atoms with Crippen LogP contribution < -0.4 is 9.46 Å². The minimum atomic E-state index is -3.35. The average Bonchev–Trinajstić information content (AvgIpc) is 2.36. The Balaban J connectivity index is 2.64. The molecule has 20 heavy (non-hydrogen) atoms. The van der Waals surface area contributed by atoms with Crippen LogP contribution in [0.5, 0.6) is 5.75 Å². The second-order valence-electron chi connectivity index (χ2n) is 3.68. The lowest BCUT2D eigenvalue weighted by molar-refractivity contribution is -0.135. The third kappa shape index (κ3) is 6.01. The van der Waals surface area contributed by atoms with Crippen molar-refractivity contribution in [1.82, 2.24) is 0 Å². The molecule has 1 N–H and O–H groups in total. The summed E-state index contributed by atoms with van der Waals surface area (Å²) in [4.78, 5) is 22.1. The lowest BCUT2D eigenvalue weighted by atomic mass is 10.3. The summed E-state index contributed by atoms with van der Waals surface area (Å²) in [5, 5.41) is 0. The molecule has 0 aromatic heterocycles. The molecule has 0 radical (unpaired) electrons. The molecule has 0 atom stereocenters. The quantitative estimate of drug-likeness (QED) is 0.488. The number of carbonyl (C=O) groups is 2. The number of benzene rings is 1. The lowest BCUT2D eigenvalue weighted by Crippen LogP contribution is -2.09. The van der Waals surface area contributed by atoms with E-state index in [1.54, 1.807) is 0 Å². The molecule has 0 spiro atoms. The molecule has 0 saturated carbocycles. The molecule has 1 aromatic carbocycles. The lowest BCUT2D eigenvalue weighted by Gasteiger charge is -2.05. The van der Waals surface area contributed by atoms with Gasteiger partial charge in [-0.15, -0.1) is 0 Å². The van der Waals surface area contributed by atoms with E-state index in [1.165, 1.54) is 31.4 Å². The summed E-state index contributed by atoms with van der Waals surface area (Å²) in [5.74, 6) is -1.21. The number of ether oxygens (including phenoxy) is 2. The highest BCUT2D eigenvalue weighted by Gasteiger charge is 2.04. The Hall–Kier alpha value is -2.35. The number of methoxy groups -OCH3 is 1. The van der Waals surface area contributed by atoms with E-state index in [0.29, 0.717) is 5.69 Å². The van der Waals surface area contributed by atoms with Gasteiger partial charge in [0.05, 0.1) is 13.4 Å². The Morgan fingerprint density at radius 2 is 1.65 bits per heavy atom. The molecule has 0 heterocycles. The minimum Gasteiger partial charge on any atom is -0.466 e. The molecular formula is C12H13NO6S. The fraction of sp³-hybridized carbons (Fsp3) is 0.167. The monoisotopic (exact) mass is 299 g/mol. The minimum absolute atomic E-state index is 0.212. The van der Waals surface area contributed by atoms with E-state index in [0.717, 1.165) is 18.4 Å². The van der Waals surface area contributed by atoms with Gasteiger partial charge in [0.25, 0.3) is 0 Å². The van der Waals surface area contributed by atoms with Gasteiger partial charge in [-0.25, -0.2) is 18.0 Å². The third-order valence-electron chi connectivity index (χ3n) is 1.93. The number of sulfonamides is 1. The van der Waals surface area contributed by atoms with E-state index in [9.17, 15) is 18.0 Å². The van der Waals surface area contributed by atoms with Gasteiger partial charge in [-0.05, 0) is 24.3 Å². The van der Waals surface area contributed by atoms with Gasteiger partial charge in [-0.1, -0.05) is 0 Å². The van der Waals surface area contributed by atoms with Gasteiger partial charge in [-0.2, -0.15) is 0 Å². The van der Waals surface area contributed by atoms with Gasteiger partial charge in [-0.3, -0.25) is 4.72 Å². The van der Waals surface area contributed by atoms with E-state index < -0.39 is 22.0 Å². The SMILES string of the molecule is COC(=O)/C=C/C(=O)Oc1ccc(NS(C)(=O)=O)cc1. The number of anilines is 1. The maximum Gasteiger partial charge on any atom is 0.336 e. The average molecular weight is 299 g/mol. The molecule has 108 valence electrons. The summed E-state index contributed by atoms with van der Waals surface area (Å²) < 4.78 is 33.4. The predicted octanol–water partition coefficient (Wildman–Crippen LogP) is 0.693. The van der Waals surface area contributed by atoms with Crippen molar-refractivity contribution in [2.45, 2.75) is 0 Å². The molecule has 0 amide bonds.